The molecule has 0 fully saturated rings. The molecule has 1 aromatic rings. The summed E-state index contributed by atoms with van der Waals surface area (Å²) in [5.74, 6) is -0.130. The van der Waals surface area contributed by atoms with Gasteiger partial charge >= 0.3 is 12.0 Å². The van der Waals surface area contributed by atoms with Gasteiger partial charge in [-0.25, -0.2) is 4.79 Å². The van der Waals surface area contributed by atoms with Crippen molar-refractivity contribution in [3.05, 3.63) is 29.8 Å². The van der Waals surface area contributed by atoms with Crippen LogP contribution in [-0.4, -0.2) is 30.3 Å². The number of ether oxygens (including phenoxy) is 1. The van der Waals surface area contributed by atoms with Crippen LogP contribution < -0.4 is 15.4 Å². The molecule has 20 heavy (non-hydrogen) atoms. The number of hydrogen-bond acceptors (Lipinski definition) is 3. The zero-order valence-electron chi connectivity index (χ0n) is 11.7. The highest BCUT2D eigenvalue weighted by Crippen LogP contribution is 2.12. The second-order valence-corrected chi connectivity index (χ2v) is 4.51. The molecule has 0 aliphatic rings. The van der Waals surface area contributed by atoms with Gasteiger partial charge in [-0.3, -0.25) is 4.79 Å². The number of carbonyl (C=O) groups is 2. The van der Waals surface area contributed by atoms with Crippen LogP contribution in [0.5, 0.6) is 5.75 Å². The van der Waals surface area contributed by atoms with E-state index in [9.17, 15) is 9.59 Å². The van der Waals surface area contributed by atoms with Crippen LogP contribution in [0.2, 0.25) is 0 Å². The summed E-state index contributed by atoms with van der Waals surface area (Å²) in [6.45, 7) is 2.16. The largest absolute Gasteiger partial charge is 0.497 e. The summed E-state index contributed by atoms with van der Waals surface area (Å²) in [4.78, 5) is 22.0. The van der Waals surface area contributed by atoms with Crippen LogP contribution in [0.1, 0.15) is 25.3 Å². The molecule has 0 bridgehead atoms. The zero-order chi connectivity index (χ0) is 15.0. The molecular weight excluding hydrogens is 260 g/mol. The Morgan fingerprint density at radius 1 is 1.40 bits per heavy atom. The smallest absolute Gasteiger partial charge is 0.315 e. The molecule has 0 heterocycles. The van der Waals surface area contributed by atoms with Gasteiger partial charge < -0.3 is 20.5 Å². The van der Waals surface area contributed by atoms with Crippen LogP contribution in [0.4, 0.5) is 4.79 Å². The van der Waals surface area contributed by atoms with E-state index < -0.39 is 5.97 Å². The molecule has 0 aliphatic heterocycles. The van der Waals surface area contributed by atoms with Crippen LogP contribution in [0, 0.1) is 0 Å². The van der Waals surface area contributed by atoms with E-state index in [1.165, 1.54) is 0 Å². The molecular formula is C14H20N2O4. The fourth-order valence-corrected chi connectivity index (χ4v) is 1.65. The van der Waals surface area contributed by atoms with Crippen LogP contribution in [0.25, 0.3) is 0 Å². The molecule has 1 rings (SSSR count). The average molecular weight is 280 g/mol. The number of aliphatic carboxylic acids is 1. The third-order valence-electron chi connectivity index (χ3n) is 2.76. The van der Waals surface area contributed by atoms with Gasteiger partial charge in [0.05, 0.1) is 7.11 Å². The fourth-order valence-electron chi connectivity index (χ4n) is 1.65. The van der Waals surface area contributed by atoms with Gasteiger partial charge in [-0.05, 0) is 31.0 Å². The molecule has 3 N–H and O–H groups in total. The molecule has 0 saturated carbocycles. The van der Waals surface area contributed by atoms with Crippen molar-refractivity contribution in [3.63, 3.8) is 0 Å². The van der Waals surface area contributed by atoms with E-state index in [2.05, 4.69) is 10.6 Å². The molecule has 0 spiro atoms. The van der Waals surface area contributed by atoms with Gasteiger partial charge in [0.1, 0.15) is 5.75 Å². The van der Waals surface area contributed by atoms with Crippen molar-refractivity contribution in [1.29, 1.82) is 0 Å². The Bertz CT molecular complexity index is 462. The van der Waals surface area contributed by atoms with Crippen molar-refractivity contribution >= 4 is 12.0 Å². The van der Waals surface area contributed by atoms with E-state index in [-0.39, 0.29) is 18.5 Å². The second kappa shape index (κ2) is 8.04. The number of amides is 2. The third kappa shape index (κ3) is 6.08. The van der Waals surface area contributed by atoms with Crippen LogP contribution in [-0.2, 0) is 11.3 Å². The standard InChI is InChI=1S/C14H20N2O4/c1-10(6-7-13(17)18)16-14(19)15-9-11-4-3-5-12(8-11)20-2/h3-5,8,10H,6-7,9H2,1-2H3,(H,17,18)(H2,15,16,19). The summed E-state index contributed by atoms with van der Waals surface area (Å²) in [5, 5.41) is 14.0. The Balaban J connectivity index is 2.33. The number of rotatable bonds is 7. The Morgan fingerprint density at radius 3 is 2.80 bits per heavy atom. The number of nitrogens with one attached hydrogen (secondary N) is 2. The van der Waals surface area contributed by atoms with Crippen molar-refractivity contribution in [2.75, 3.05) is 7.11 Å². The Hall–Kier alpha value is -2.24. The van der Waals surface area contributed by atoms with Crippen LogP contribution in [0.3, 0.4) is 0 Å². The molecule has 0 aliphatic carbocycles. The molecule has 0 saturated heterocycles. The first-order valence-electron chi connectivity index (χ1n) is 6.40. The summed E-state index contributed by atoms with van der Waals surface area (Å²) in [6, 6.07) is 6.91. The summed E-state index contributed by atoms with van der Waals surface area (Å²) < 4.78 is 5.10. The topological polar surface area (TPSA) is 87.7 Å². The molecule has 1 unspecified atom stereocenters. The van der Waals surface area contributed by atoms with Crippen LogP contribution in [0.15, 0.2) is 24.3 Å². The van der Waals surface area contributed by atoms with Crippen molar-refractivity contribution in [3.8, 4) is 5.75 Å². The molecule has 6 nitrogen and oxygen atoms in total. The number of carboxylic acids is 1. The molecule has 1 atom stereocenters. The van der Waals surface area contributed by atoms with Gasteiger partial charge in [0.2, 0.25) is 0 Å². The number of carboxylic acid groups (broad SMARTS) is 1. The minimum atomic E-state index is -0.865. The SMILES string of the molecule is COc1cccc(CNC(=O)NC(C)CCC(=O)O)c1. The summed E-state index contributed by atoms with van der Waals surface area (Å²) >= 11 is 0. The predicted octanol–water partition coefficient (Wildman–Crippen LogP) is 1.75. The van der Waals surface area contributed by atoms with Gasteiger partial charge in [0.25, 0.3) is 0 Å². The van der Waals surface area contributed by atoms with E-state index in [0.717, 1.165) is 11.3 Å². The first kappa shape index (κ1) is 15.8. The zero-order valence-corrected chi connectivity index (χ0v) is 11.7. The Kier molecular flexibility index (Phi) is 6.36. The van der Waals surface area contributed by atoms with E-state index in [1.807, 2.05) is 24.3 Å². The molecule has 0 aromatic heterocycles. The number of benzene rings is 1. The van der Waals surface area contributed by atoms with Crippen molar-refractivity contribution < 1.29 is 19.4 Å². The highest BCUT2D eigenvalue weighted by molar-refractivity contribution is 5.74. The maximum absolute atomic E-state index is 11.6. The van der Waals surface area contributed by atoms with Crippen LogP contribution >= 0.6 is 0 Å². The van der Waals surface area contributed by atoms with Crippen molar-refractivity contribution in [2.45, 2.75) is 32.4 Å². The van der Waals surface area contributed by atoms with E-state index >= 15 is 0 Å². The lowest BCUT2D eigenvalue weighted by atomic mass is 10.2. The molecule has 2 amide bonds. The van der Waals surface area contributed by atoms with Gasteiger partial charge in [-0.15, -0.1) is 0 Å². The predicted molar refractivity (Wildman–Crippen MR) is 74.7 cm³/mol. The normalized spacial score (nSPS) is 11.5. The van der Waals surface area contributed by atoms with E-state index in [0.29, 0.717) is 13.0 Å². The minimum Gasteiger partial charge on any atom is -0.497 e. The lowest BCUT2D eigenvalue weighted by Gasteiger charge is -2.14. The van der Waals surface area contributed by atoms with E-state index in [1.54, 1.807) is 14.0 Å². The molecule has 110 valence electrons. The second-order valence-electron chi connectivity index (χ2n) is 4.51. The number of carbonyl (C=O) groups excluding carboxylic acids is 1. The van der Waals surface area contributed by atoms with Gasteiger partial charge in [0.15, 0.2) is 0 Å². The lowest BCUT2D eigenvalue weighted by Crippen LogP contribution is -2.40. The monoisotopic (exact) mass is 280 g/mol. The Morgan fingerprint density at radius 2 is 2.15 bits per heavy atom. The number of urea groups is 1. The summed E-state index contributed by atoms with van der Waals surface area (Å²) in [5.41, 5.74) is 0.928. The molecule has 0 radical (unpaired) electrons. The summed E-state index contributed by atoms with van der Waals surface area (Å²) in [6.07, 6.45) is 0.444. The maximum atomic E-state index is 11.6. The Labute approximate surface area is 118 Å². The third-order valence-corrected chi connectivity index (χ3v) is 2.76. The molecule has 1 aromatic carbocycles. The van der Waals surface area contributed by atoms with E-state index in [4.69, 9.17) is 9.84 Å². The average Bonchev–Trinajstić information content (AvgIpc) is 2.43. The fraction of sp³-hybridized carbons (Fsp3) is 0.429. The summed E-state index contributed by atoms with van der Waals surface area (Å²) in [7, 11) is 1.59. The van der Waals surface area contributed by atoms with Gasteiger partial charge in [0, 0.05) is 19.0 Å². The highest BCUT2D eigenvalue weighted by Gasteiger charge is 2.08. The van der Waals surface area contributed by atoms with Crippen molar-refractivity contribution in [1.82, 2.24) is 10.6 Å². The lowest BCUT2D eigenvalue weighted by molar-refractivity contribution is -0.137. The quantitative estimate of drug-likeness (QED) is 0.710. The van der Waals surface area contributed by atoms with Gasteiger partial charge in [-0.2, -0.15) is 0 Å². The minimum absolute atomic E-state index is 0.0390. The number of hydrogen-bond donors (Lipinski definition) is 3. The number of methoxy groups -OCH3 is 1. The highest BCUT2D eigenvalue weighted by atomic mass is 16.5. The first-order chi connectivity index (χ1) is 9.51. The first-order valence-corrected chi connectivity index (χ1v) is 6.40. The molecule has 6 heteroatoms. The van der Waals surface area contributed by atoms with Crippen molar-refractivity contribution in [2.24, 2.45) is 0 Å². The maximum Gasteiger partial charge on any atom is 0.315 e. The van der Waals surface area contributed by atoms with Gasteiger partial charge in [-0.1, -0.05) is 12.1 Å².